The molecule has 0 fully saturated rings. The highest BCUT2D eigenvalue weighted by Crippen LogP contribution is 2.19. The first-order chi connectivity index (χ1) is 4.72. The van der Waals surface area contributed by atoms with Gasteiger partial charge in [0.05, 0.1) is 5.03 Å². The summed E-state index contributed by atoms with van der Waals surface area (Å²) in [4.78, 5) is 4.06. The van der Waals surface area contributed by atoms with Gasteiger partial charge in [0, 0.05) is 4.47 Å². The van der Waals surface area contributed by atoms with Crippen LogP contribution in [0.1, 0.15) is 0 Å². The second-order valence-electron chi connectivity index (χ2n) is 1.75. The van der Waals surface area contributed by atoms with Crippen LogP contribution in [-0.2, 0) is 0 Å². The van der Waals surface area contributed by atoms with Gasteiger partial charge in [0.25, 0.3) is 0 Å². The minimum atomic E-state index is 0.554. The first-order valence-corrected chi connectivity index (χ1v) is 4.71. The van der Waals surface area contributed by atoms with E-state index in [1.54, 1.807) is 17.8 Å². The third kappa shape index (κ3) is 1.88. The second-order valence-corrected chi connectivity index (χ2v) is 3.49. The number of aromatic nitrogens is 1. The highest BCUT2D eigenvalue weighted by molar-refractivity contribution is 9.10. The van der Waals surface area contributed by atoms with E-state index in [1.165, 1.54) is 0 Å². The molecule has 0 aromatic carbocycles. The fourth-order valence-electron chi connectivity index (χ4n) is 0.597. The number of rotatable bonds is 1. The average Bonchev–Trinajstić information content (AvgIpc) is 1.85. The van der Waals surface area contributed by atoms with Gasteiger partial charge in [-0.25, -0.2) is 4.98 Å². The zero-order valence-corrected chi connectivity index (χ0v) is 7.87. The Labute approximate surface area is 72.3 Å². The van der Waals surface area contributed by atoms with E-state index in [-0.39, 0.29) is 0 Å². The number of nitrogens with zero attached hydrogens (tertiary/aromatic N) is 1. The van der Waals surface area contributed by atoms with Crippen molar-refractivity contribution < 1.29 is 0 Å². The standard InChI is InChI=1S/C6H7BrN2S/c1-10-6-3-4(7)2-5(8)9-6/h2-3H,1H3,(H2,8,9). The van der Waals surface area contributed by atoms with Crippen LogP contribution in [0.3, 0.4) is 0 Å². The lowest BCUT2D eigenvalue weighted by molar-refractivity contribution is 1.14. The quantitative estimate of drug-likeness (QED) is 0.735. The molecule has 1 heterocycles. The molecule has 0 bridgehead atoms. The summed E-state index contributed by atoms with van der Waals surface area (Å²) in [5.41, 5.74) is 5.48. The van der Waals surface area contributed by atoms with Crippen molar-refractivity contribution in [1.82, 2.24) is 4.98 Å². The largest absolute Gasteiger partial charge is 0.384 e. The highest BCUT2D eigenvalue weighted by Gasteiger charge is 1.95. The summed E-state index contributed by atoms with van der Waals surface area (Å²) < 4.78 is 0.976. The number of hydrogen-bond acceptors (Lipinski definition) is 3. The maximum absolute atomic E-state index is 5.48. The summed E-state index contributed by atoms with van der Waals surface area (Å²) in [6.45, 7) is 0. The molecule has 2 N–H and O–H groups in total. The number of halogens is 1. The minimum absolute atomic E-state index is 0.554. The van der Waals surface area contributed by atoms with Crippen LogP contribution in [0.25, 0.3) is 0 Å². The van der Waals surface area contributed by atoms with E-state index in [0.717, 1.165) is 9.50 Å². The van der Waals surface area contributed by atoms with Crippen LogP contribution in [0.2, 0.25) is 0 Å². The molecule has 0 atom stereocenters. The van der Waals surface area contributed by atoms with Crippen LogP contribution in [0.15, 0.2) is 21.6 Å². The first kappa shape index (κ1) is 7.88. The zero-order chi connectivity index (χ0) is 7.56. The van der Waals surface area contributed by atoms with E-state index >= 15 is 0 Å². The Balaban J connectivity index is 3.06. The summed E-state index contributed by atoms with van der Waals surface area (Å²) in [7, 11) is 0. The van der Waals surface area contributed by atoms with E-state index in [9.17, 15) is 0 Å². The minimum Gasteiger partial charge on any atom is -0.384 e. The lowest BCUT2D eigenvalue weighted by atomic mass is 10.5. The maximum Gasteiger partial charge on any atom is 0.125 e. The van der Waals surface area contributed by atoms with Crippen molar-refractivity contribution in [1.29, 1.82) is 0 Å². The highest BCUT2D eigenvalue weighted by atomic mass is 79.9. The summed E-state index contributed by atoms with van der Waals surface area (Å²) in [6.07, 6.45) is 1.97. The molecule has 0 aliphatic heterocycles. The van der Waals surface area contributed by atoms with Gasteiger partial charge in [-0.15, -0.1) is 11.8 Å². The van der Waals surface area contributed by atoms with Crippen LogP contribution in [-0.4, -0.2) is 11.2 Å². The fraction of sp³-hybridized carbons (Fsp3) is 0.167. The van der Waals surface area contributed by atoms with Gasteiger partial charge in [-0.2, -0.15) is 0 Å². The number of pyridine rings is 1. The Hall–Kier alpha value is -0.220. The molecule has 0 aliphatic rings. The summed E-state index contributed by atoms with van der Waals surface area (Å²) in [5.74, 6) is 0.554. The Bertz CT molecular complexity index is 219. The van der Waals surface area contributed by atoms with Crippen LogP contribution >= 0.6 is 27.7 Å². The van der Waals surface area contributed by atoms with Gasteiger partial charge in [0.2, 0.25) is 0 Å². The topological polar surface area (TPSA) is 38.9 Å². The number of nitrogens with two attached hydrogens (primary N) is 1. The van der Waals surface area contributed by atoms with E-state index in [2.05, 4.69) is 20.9 Å². The molecule has 0 radical (unpaired) electrons. The Morgan fingerprint density at radius 1 is 1.60 bits per heavy atom. The average molecular weight is 219 g/mol. The van der Waals surface area contributed by atoms with Gasteiger partial charge >= 0.3 is 0 Å². The molecule has 1 aromatic rings. The molecular formula is C6H7BrN2S. The van der Waals surface area contributed by atoms with Gasteiger partial charge in [0.1, 0.15) is 5.82 Å². The predicted molar refractivity (Wildman–Crippen MR) is 48.1 cm³/mol. The number of thioether (sulfide) groups is 1. The molecule has 10 heavy (non-hydrogen) atoms. The molecule has 0 saturated heterocycles. The van der Waals surface area contributed by atoms with Gasteiger partial charge in [-0.1, -0.05) is 15.9 Å². The van der Waals surface area contributed by atoms with Gasteiger partial charge in [0.15, 0.2) is 0 Å². The third-order valence-electron chi connectivity index (χ3n) is 0.996. The van der Waals surface area contributed by atoms with Gasteiger partial charge in [-0.3, -0.25) is 0 Å². The molecule has 1 aromatic heterocycles. The van der Waals surface area contributed by atoms with Crippen LogP contribution < -0.4 is 5.73 Å². The SMILES string of the molecule is CSc1cc(Br)cc(N)n1. The monoisotopic (exact) mass is 218 g/mol. The van der Waals surface area contributed by atoms with Gasteiger partial charge < -0.3 is 5.73 Å². The van der Waals surface area contributed by atoms with Crippen molar-refractivity contribution in [3.05, 3.63) is 16.6 Å². The fourth-order valence-corrected chi connectivity index (χ4v) is 1.64. The molecule has 0 unspecified atom stereocenters. The maximum atomic E-state index is 5.48. The number of anilines is 1. The molecular weight excluding hydrogens is 212 g/mol. The van der Waals surface area contributed by atoms with Crippen molar-refractivity contribution in [2.75, 3.05) is 12.0 Å². The van der Waals surface area contributed by atoms with Crippen molar-refractivity contribution in [2.24, 2.45) is 0 Å². The third-order valence-corrected chi connectivity index (χ3v) is 2.08. The molecule has 0 amide bonds. The van der Waals surface area contributed by atoms with Gasteiger partial charge in [-0.05, 0) is 18.4 Å². The number of hydrogen-bond donors (Lipinski definition) is 1. The molecule has 4 heteroatoms. The van der Waals surface area contributed by atoms with E-state index < -0.39 is 0 Å². The van der Waals surface area contributed by atoms with Crippen molar-refractivity contribution in [3.8, 4) is 0 Å². The normalized spacial score (nSPS) is 9.80. The predicted octanol–water partition coefficient (Wildman–Crippen LogP) is 2.15. The molecule has 2 nitrogen and oxygen atoms in total. The number of nitrogen functional groups attached to an aromatic ring is 1. The van der Waals surface area contributed by atoms with E-state index in [4.69, 9.17) is 5.73 Å². The Kier molecular flexibility index (Phi) is 2.56. The summed E-state index contributed by atoms with van der Waals surface area (Å²) in [5, 5.41) is 0.937. The molecule has 0 saturated carbocycles. The second kappa shape index (κ2) is 3.25. The molecule has 0 spiro atoms. The zero-order valence-electron chi connectivity index (χ0n) is 5.47. The van der Waals surface area contributed by atoms with Crippen LogP contribution in [0.5, 0.6) is 0 Å². The van der Waals surface area contributed by atoms with E-state index in [0.29, 0.717) is 5.82 Å². The van der Waals surface area contributed by atoms with Crippen molar-refractivity contribution in [3.63, 3.8) is 0 Å². The lowest BCUT2D eigenvalue weighted by Gasteiger charge is -1.97. The lowest BCUT2D eigenvalue weighted by Crippen LogP contribution is -1.90. The Morgan fingerprint density at radius 2 is 2.30 bits per heavy atom. The van der Waals surface area contributed by atoms with Crippen LogP contribution in [0, 0.1) is 0 Å². The molecule has 54 valence electrons. The van der Waals surface area contributed by atoms with Crippen molar-refractivity contribution >= 4 is 33.5 Å². The van der Waals surface area contributed by atoms with Crippen molar-refractivity contribution in [2.45, 2.75) is 5.03 Å². The smallest absolute Gasteiger partial charge is 0.125 e. The summed E-state index contributed by atoms with van der Waals surface area (Å²) >= 11 is 4.90. The van der Waals surface area contributed by atoms with E-state index in [1.807, 2.05) is 12.3 Å². The summed E-state index contributed by atoms with van der Waals surface area (Å²) in [6, 6.07) is 3.71. The molecule has 1 rings (SSSR count). The Morgan fingerprint density at radius 3 is 2.80 bits per heavy atom. The first-order valence-electron chi connectivity index (χ1n) is 2.69. The van der Waals surface area contributed by atoms with Crippen LogP contribution in [0.4, 0.5) is 5.82 Å². The molecule has 0 aliphatic carbocycles.